The van der Waals surface area contributed by atoms with Crippen molar-refractivity contribution in [2.75, 3.05) is 20.1 Å². The van der Waals surface area contributed by atoms with Crippen molar-refractivity contribution in [1.29, 1.82) is 0 Å². The normalized spacial score (nSPS) is 28.7. The summed E-state index contributed by atoms with van der Waals surface area (Å²) in [5.41, 5.74) is 0.144. The summed E-state index contributed by atoms with van der Waals surface area (Å²) in [4.78, 5) is 12.9. The number of hydrogen-bond donors (Lipinski definition) is 1. The molecule has 0 aromatic rings. The van der Waals surface area contributed by atoms with Gasteiger partial charge in [0.25, 0.3) is 0 Å². The molecule has 1 rings (SSSR count). The van der Waals surface area contributed by atoms with Crippen molar-refractivity contribution in [3.05, 3.63) is 0 Å². The largest absolute Gasteiger partial charge is 0.481 e. The van der Waals surface area contributed by atoms with Gasteiger partial charge in [-0.25, -0.2) is 0 Å². The third-order valence-corrected chi connectivity index (χ3v) is 3.06. The van der Waals surface area contributed by atoms with Gasteiger partial charge in [0.15, 0.2) is 0 Å². The fraction of sp³-hybridized carbons (Fsp3) is 0.900. The Bertz CT molecular complexity index is 201. The molecule has 1 fully saturated rings. The molecule has 76 valence electrons. The second-order valence-electron chi connectivity index (χ2n) is 4.81. The highest BCUT2D eigenvalue weighted by molar-refractivity contribution is 5.67. The van der Waals surface area contributed by atoms with Gasteiger partial charge in [-0.2, -0.15) is 0 Å². The van der Waals surface area contributed by atoms with Crippen molar-refractivity contribution in [3.63, 3.8) is 0 Å². The minimum Gasteiger partial charge on any atom is -0.481 e. The molecule has 1 aliphatic rings. The first kappa shape index (κ1) is 10.5. The molecule has 0 saturated carbocycles. The van der Waals surface area contributed by atoms with Crippen LogP contribution in [0.5, 0.6) is 0 Å². The monoisotopic (exact) mass is 185 g/mol. The Balaban J connectivity index is 2.59. The molecule has 0 aromatic carbocycles. The molecule has 0 aromatic heterocycles. The van der Waals surface area contributed by atoms with Crippen molar-refractivity contribution in [1.82, 2.24) is 4.90 Å². The average molecular weight is 185 g/mol. The van der Waals surface area contributed by atoms with Crippen LogP contribution in [0, 0.1) is 11.3 Å². The maximum absolute atomic E-state index is 10.6. The first-order chi connectivity index (χ1) is 5.92. The predicted molar refractivity (Wildman–Crippen MR) is 51.6 cm³/mol. The van der Waals surface area contributed by atoms with Crippen LogP contribution >= 0.6 is 0 Å². The zero-order valence-electron chi connectivity index (χ0n) is 8.71. The standard InChI is InChI=1S/C10H19NO2/c1-10(2)7-11(3)5-4-8(10)6-9(12)13/h8H,4-7H2,1-3H3,(H,12,13). The molecule has 0 bridgehead atoms. The molecule has 13 heavy (non-hydrogen) atoms. The van der Waals surface area contributed by atoms with E-state index in [0.717, 1.165) is 19.5 Å². The molecule has 1 unspecified atom stereocenters. The molecular weight excluding hydrogens is 166 g/mol. The lowest BCUT2D eigenvalue weighted by Gasteiger charge is -2.42. The van der Waals surface area contributed by atoms with E-state index in [2.05, 4.69) is 25.8 Å². The van der Waals surface area contributed by atoms with E-state index in [0.29, 0.717) is 12.3 Å². The molecule has 1 aliphatic heterocycles. The number of carboxylic acids is 1. The van der Waals surface area contributed by atoms with Crippen LogP contribution in [-0.4, -0.2) is 36.1 Å². The van der Waals surface area contributed by atoms with Gasteiger partial charge in [0, 0.05) is 13.0 Å². The van der Waals surface area contributed by atoms with E-state index in [9.17, 15) is 4.79 Å². The van der Waals surface area contributed by atoms with Crippen molar-refractivity contribution < 1.29 is 9.90 Å². The minimum absolute atomic E-state index is 0.144. The summed E-state index contributed by atoms with van der Waals surface area (Å²) in [5.74, 6) is -0.330. The summed E-state index contributed by atoms with van der Waals surface area (Å²) >= 11 is 0. The van der Waals surface area contributed by atoms with Crippen LogP contribution in [0.25, 0.3) is 0 Å². The van der Waals surface area contributed by atoms with Crippen LogP contribution in [0.15, 0.2) is 0 Å². The smallest absolute Gasteiger partial charge is 0.303 e. The van der Waals surface area contributed by atoms with Crippen molar-refractivity contribution in [2.24, 2.45) is 11.3 Å². The van der Waals surface area contributed by atoms with Gasteiger partial charge in [-0.15, -0.1) is 0 Å². The molecule has 1 heterocycles. The SMILES string of the molecule is CN1CCC(CC(=O)O)C(C)(C)C1. The van der Waals surface area contributed by atoms with Gasteiger partial charge in [0.05, 0.1) is 0 Å². The number of nitrogens with zero attached hydrogens (tertiary/aromatic N) is 1. The molecular formula is C10H19NO2. The number of hydrogen-bond acceptors (Lipinski definition) is 2. The summed E-state index contributed by atoms with van der Waals surface area (Å²) in [7, 11) is 2.10. The van der Waals surface area contributed by atoms with E-state index in [1.165, 1.54) is 0 Å². The number of piperidine rings is 1. The molecule has 0 amide bonds. The third-order valence-electron chi connectivity index (χ3n) is 3.06. The highest BCUT2D eigenvalue weighted by Crippen LogP contribution is 2.36. The Kier molecular flexibility index (Phi) is 2.96. The fourth-order valence-electron chi connectivity index (χ4n) is 2.26. The first-order valence-corrected chi connectivity index (χ1v) is 4.82. The molecule has 3 nitrogen and oxygen atoms in total. The predicted octanol–water partition coefficient (Wildman–Crippen LogP) is 1.44. The lowest BCUT2D eigenvalue weighted by Crippen LogP contribution is -2.44. The Morgan fingerprint density at radius 2 is 2.23 bits per heavy atom. The molecule has 0 spiro atoms. The van der Waals surface area contributed by atoms with Crippen LogP contribution in [-0.2, 0) is 4.79 Å². The zero-order valence-corrected chi connectivity index (χ0v) is 8.71. The highest BCUT2D eigenvalue weighted by Gasteiger charge is 2.35. The molecule has 0 aliphatic carbocycles. The van der Waals surface area contributed by atoms with Crippen molar-refractivity contribution >= 4 is 5.97 Å². The van der Waals surface area contributed by atoms with Gasteiger partial charge in [0.2, 0.25) is 0 Å². The van der Waals surface area contributed by atoms with Gasteiger partial charge in [0.1, 0.15) is 0 Å². The van der Waals surface area contributed by atoms with E-state index in [1.807, 2.05) is 0 Å². The van der Waals surface area contributed by atoms with Crippen LogP contribution in [0.4, 0.5) is 0 Å². The number of carbonyl (C=O) groups is 1. The quantitative estimate of drug-likeness (QED) is 0.707. The Morgan fingerprint density at radius 1 is 1.62 bits per heavy atom. The van der Waals surface area contributed by atoms with Gasteiger partial charge >= 0.3 is 5.97 Å². The van der Waals surface area contributed by atoms with Gasteiger partial charge in [-0.3, -0.25) is 4.79 Å². The zero-order chi connectivity index (χ0) is 10.1. The topological polar surface area (TPSA) is 40.5 Å². The van der Waals surface area contributed by atoms with E-state index in [-0.39, 0.29) is 5.41 Å². The van der Waals surface area contributed by atoms with Gasteiger partial charge < -0.3 is 10.0 Å². The second kappa shape index (κ2) is 3.66. The third kappa shape index (κ3) is 2.69. The minimum atomic E-state index is -0.664. The van der Waals surface area contributed by atoms with Crippen molar-refractivity contribution in [3.8, 4) is 0 Å². The number of aliphatic carboxylic acids is 1. The summed E-state index contributed by atoms with van der Waals surface area (Å²) in [6.45, 7) is 6.36. The number of rotatable bonds is 2. The summed E-state index contributed by atoms with van der Waals surface area (Å²) in [6.07, 6.45) is 1.33. The van der Waals surface area contributed by atoms with E-state index in [4.69, 9.17) is 5.11 Å². The van der Waals surface area contributed by atoms with E-state index < -0.39 is 5.97 Å². The summed E-state index contributed by atoms with van der Waals surface area (Å²) in [6, 6.07) is 0. The van der Waals surface area contributed by atoms with Crippen LogP contribution in [0.3, 0.4) is 0 Å². The molecule has 1 atom stereocenters. The maximum atomic E-state index is 10.6. The Morgan fingerprint density at radius 3 is 2.69 bits per heavy atom. The summed E-state index contributed by atoms with van der Waals surface area (Å²) in [5, 5.41) is 8.75. The van der Waals surface area contributed by atoms with E-state index >= 15 is 0 Å². The lowest BCUT2D eigenvalue weighted by molar-refractivity contribution is -0.140. The Labute approximate surface area is 79.7 Å². The highest BCUT2D eigenvalue weighted by atomic mass is 16.4. The van der Waals surface area contributed by atoms with Crippen molar-refractivity contribution in [2.45, 2.75) is 26.7 Å². The molecule has 1 saturated heterocycles. The number of carboxylic acid groups (broad SMARTS) is 1. The van der Waals surface area contributed by atoms with Crippen LogP contribution in [0.1, 0.15) is 26.7 Å². The fourth-order valence-corrected chi connectivity index (χ4v) is 2.26. The second-order valence-corrected chi connectivity index (χ2v) is 4.81. The number of likely N-dealkylation sites (tertiary alicyclic amines) is 1. The van der Waals surface area contributed by atoms with Gasteiger partial charge in [-0.1, -0.05) is 13.8 Å². The maximum Gasteiger partial charge on any atom is 0.303 e. The lowest BCUT2D eigenvalue weighted by atomic mass is 9.72. The first-order valence-electron chi connectivity index (χ1n) is 4.82. The molecule has 1 N–H and O–H groups in total. The summed E-state index contributed by atoms with van der Waals surface area (Å²) < 4.78 is 0. The van der Waals surface area contributed by atoms with Crippen LogP contribution in [0.2, 0.25) is 0 Å². The van der Waals surface area contributed by atoms with Crippen LogP contribution < -0.4 is 0 Å². The Hall–Kier alpha value is -0.570. The average Bonchev–Trinajstić information content (AvgIpc) is 1.93. The molecule has 3 heteroatoms. The molecule has 0 radical (unpaired) electrons. The van der Waals surface area contributed by atoms with Gasteiger partial charge in [-0.05, 0) is 31.3 Å². The van der Waals surface area contributed by atoms with E-state index in [1.54, 1.807) is 0 Å².